The summed E-state index contributed by atoms with van der Waals surface area (Å²) < 4.78 is 65.7. The molecule has 1 aliphatic heterocycles. The number of carbonyl (C=O) groups is 2. The van der Waals surface area contributed by atoms with Crippen molar-refractivity contribution < 1.29 is 31.2 Å². The van der Waals surface area contributed by atoms with Crippen LogP contribution in [0.2, 0.25) is 0 Å². The Balaban J connectivity index is 1.78. The maximum atomic E-state index is 12.9. The molecule has 2 amide bonds. The van der Waals surface area contributed by atoms with Crippen LogP contribution in [-0.4, -0.2) is 54.9 Å². The zero-order chi connectivity index (χ0) is 24.4. The molecule has 180 valence electrons. The predicted molar refractivity (Wildman–Crippen MR) is 116 cm³/mol. The van der Waals surface area contributed by atoms with E-state index in [4.69, 9.17) is 0 Å². The molecule has 0 aliphatic carbocycles. The number of rotatable bonds is 6. The molecule has 0 radical (unpaired) electrons. The number of aromatic nitrogens is 1. The third-order valence-corrected chi connectivity index (χ3v) is 7.23. The molecular weight excluding hydrogens is 461 g/mol. The number of amides is 2. The molecule has 0 bridgehead atoms. The number of piperidine rings is 1. The van der Waals surface area contributed by atoms with Gasteiger partial charge in [-0.2, -0.15) is 17.5 Å². The van der Waals surface area contributed by atoms with E-state index >= 15 is 0 Å². The van der Waals surface area contributed by atoms with Gasteiger partial charge in [0.25, 0.3) is 11.8 Å². The lowest BCUT2D eigenvalue weighted by Gasteiger charge is -2.25. The molecule has 1 aliphatic rings. The minimum absolute atomic E-state index is 0.00838. The van der Waals surface area contributed by atoms with Gasteiger partial charge in [0, 0.05) is 37.6 Å². The lowest BCUT2D eigenvalue weighted by Crippen LogP contribution is -2.35. The minimum atomic E-state index is -4.55. The highest BCUT2D eigenvalue weighted by atomic mass is 32.2. The van der Waals surface area contributed by atoms with Gasteiger partial charge in [0.2, 0.25) is 10.0 Å². The topological polar surface area (TPSA) is 101 Å². The molecule has 3 rings (SSSR count). The van der Waals surface area contributed by atoms with E-state index in [1.165, 1.54) is 46.4 Å². The molecular formula is C21H25F3N4O4S. The van der Waals surface area contributed by atoms with Crippen molar-refractivity contribution in [1.29, 1.82) is 0 Å². The fraction of sp³-hybridized carbons (Fsp3) is 0.429. The monoisotopic (exact) mass is 486 g/mol. The molecule has 1 fully saturated rings. The molecule has 0 atom stereocenters. The van der Waals surface area contributed by atoms with Crippen molar-refractivity contribution in [3.63, 3.8) is 0 Å². The number of benzene rings is 1. The summed E-state index contributed by atoms with van der Waals surface area (Å²) in [6.07, 6.45) is -0.638. The van der Waals surface area contributed by atoms with E-state index in [0.29, 0.717) is 18.7 Å². The summed E-state index contributed by atoms with van der Waals surface area (Å²) in [5.41, 5.74) is 0.824. The van der Waals surface area contributed by atoms with E-state index in [2.05, 4.69) is 5.32 Å². The van der Waals surface area contributed by atoms with Gasteiger partial charge in [-0.05, 0) is 43.5 Å². The van der Waals surface area contributed by atoms with Crippen molar-refractivity contribution in [1.82, 2.24) is 14.2 Å². The number of carbonyl (C=O) groups excluding carboxylic acids is 2. The van der Waals surface area contributed by atoms with Gasteiger partial charge in [0.15, 0.2) is 0 Å². The van der Waals surface area contributed by atoms with Gasteiger partial charge in [-0.1, -0.05) is 12.5 Å². The van der Waals surface area contributed by atoms with Crippen LogP contribution in [0, 0.1) is 6.92 Å². The van der Waals surface area contributed by atoms with Gasteiger partial charge in [-0.25, -0.2) is 8.42 Å². The van der Waals surface area contributed by atoms with E-state index in [1.54, 1.807) is 12.2 Å². The third kappa shape index (κ3) is 5.93. The van der Waals surface area contributed by atoms with Crippen LogP contribution in [-0.2, 0) is 17.1 Å². The summed E-state index contributed by atoms with van der Waals surface area (Å²) >= 11 is 0. The van der Waals surface area contributed by atoms with Gasteiger partial charge in [0.05, 0.1) is 0 Å². The Morgan fingerprint density at radius 3 is 2.36 bits per heavy atom. The third-order valence-electron chi connectivity index (χ3n) is 5.36. The predicted octanol–water partition coefficient (Wildman–Crippen LogP) is 3.05. The molecule has 8 nitrogen and oxygen atoms in total. The van der Waals surface area contributed by atoms with Gasteiger partial charge in [-0.3, -0.25) is 9.59 Å². The second-order valence-electron chi connectivity index (χ2n) is 7.92. The standard InChI is InChI=1S/C21H25F3N4O4S/c1-14-6-7-15(19(29)25-13-21(22,23)24)10-17(14)26-20(30)18-11-16(12-27(18)2)33(31,32)28-8-4-3-5-9-28/h6-7,10-12H,3-5,8-9,13H2,1-2H3,(H,25,29)(H,26,30). The van der Waals surface area contributed by atoms with E-state index in [-0.39, 0.29) is 21.8 Å². The number of alkyl halides is 3. The van der Waals surface area contributed by atoms with Gasteiger partial charge < -0.3 is 15.2 Å². The van der Waals surface area contributed by atoms with Crippen LogP contribution in [0.15, 0.2) is 35.4 Å². The molecule has 1 saturated heterocycles. The van der Waals surface area contributed by atoms with Crippen molar-refractivity contribution in [2.75, 3.05) is 25.0 Å². The zero-order valence-corrected chi connectivity index (χ0v) is 19.0. The summed E-state index contributed by atoms with van der Waals surface area (Å²) in [4.78, 5) is 24.9. The maximum absolute atomic E-state index is 12.9. The fourth-order valence-corrected chi connectivity index (χ4v) is 5.11. The summed E-state index contributed by atoms with van der Waals surface area (Å²) in [6.45, 7) is 1.05. The first kappa shape index (κ1) is 24.8. The number of anilines is 1. The van der Waals surface area contributed by atoms with Gasteiger partial charge in [-0.15, -0.1) is 0 Å². The van der Waals surface area contributed by atoms with Crippen LogP contribution in [0.4, 0.5) is 18.9 Å². The Bertz CT molecular complexity index is 1150. The van der Waals surface area contributed by atoms with Crippen molar-refractivity contribution in [2.45, 2.75) is 37.3 Å². The Morgan fingerprint density at radius 2 is 1.73 bits per heavy atom. The zero-order valence-electron chi connectivity index (χ0n) is 18.2. The Morgan fingerprint density at radius 1 is 1.06 bits per heavy atom. The van der Waals surface area contributed by atoms with Gasteiger partial charge in [0.1, 0.15) is 17.1 Å². The highest BCUT2D eigenvalue weighted by Gasteiger charge is 2.29. The average Bonchev–Trinajstić information content (AvgIpc) is 3.16. The Kier molecular flexibility index (Phi) is 7.17. The largest absolute Gasteiger partial charge is 0.405 e. The molecule has 1 aromatic carbocycles. The molecule has 2 heterocycles. The quantitative estimate of drug-likeness (QED) is 0.656. The highest BCUT2D eigenvalue weighted by molar-refractivity contribution is 7.89. The molecule has 12 heteroatoms. The number of sulfonamides is 1. The Labute approximate surface area is 189 Å². The van der Waals surface area contributed by atoms with Crippen LogP contribution in [0.1, 0.15) is 45.7 Å². The van der Waals surface area contributed by atoms with Crippen molar-refractivity contribution in [3.8, 4) is 0 Å². The average molecular weight is 487 g/mol. The van der Waals surface area contributed by atoms with E-state index in [0.717, 1.165) is 19.3 Å². The van der Waals surface area contributed by atoms with Crippen LogP contribution in [0.25, 0.3) is 0 Å². The molecule has 2 N–H and O–H groups in total. The maximum Gasteiger partial charge on any atom is 0.405 e. The fourth-order valence-electron chi connectivity index (χ4n) is 3.52. The van der Waals surface area contributed by atoms with E-state index in [9.17, 15) is 31.2 Å². The van der Waals surface area contributed by atoms with Crippen molar-refractivity contribution >= 4 is 27.5 Å². The normalized spacial score (nSPS) is 15.3. The lowest BCUT2D eigenvalue weighted by molar-refractivity contribution is -0.123. The van der Waals surface area contributed by atoms with Crippen LogP contribution >= 0.6 is 0 Å². The van der Waals surface area contributed by atoms with Gasteiger partial charge >= 0.3 is 6.18 Å². The molecule has 0 saturated carbocycles. The first-order valence-corrected chi connectivity index (χ1v) is 11.8. The molecule has 2 aromatic rings. The molecule has 0 spiro atoms. The van der Waals surface area contributed by atoms with Crippen molar-refractivity contribution in [3.05, 3.63) is 47.3 Å². The second kappa shape index (κ2) is 9.56. The number of hydrogen-bond acceptors (Lipinski definition) is 4. The summed E-state index contributed by atoms with van der Waals surface area (Å²) in [7, 11) is -2.19. The molecule has 1 aromatic heterocycles. The number of halogens is 3. The first-order chi connectivity index (χ1) is 15.4. The summed E-state index contributed by atoms with van der Waals surface area (Å²) in [6, 6.07) is 5.40. The number of nitrogens with one attached hydrogen (secondary N) is 2. The SMILES string of the molecule is Cc1ccc(C(=O)NCC(F)(F)F)cc1NC(=O)c1cc(S(=O)(=O)N2CCCCC2)cn1C. The molecule has 33 heavy (non-hydrogen) atoms. The summed E-state index contributed by atoms with van der Waals surface area (Å²) in [5, 5.41) is 4.39. The number of nitrogens with zero attached hydrogens (tertiary/aromatic N) is 2. The van der Waals surface area contributed by atoms with Crippen LogP contribution < -0.4 is 10.6 Å². The van der Waals surface area contributed by atoms with Crippen molar-refractivity contribution in [2.24, 2.45) is 7.05 Å². The van der Waals surface area contributed by atoms with Crippen LogP contribution in [0.3, 0.4) is 0 Å². The second-order valence-corrected chi connectivity index (χ2v) is 9.86. The highest BCUT2D eigenvalue weighted by Crippen LogP contribution is 2.24. The number of aryl methyl sites for hydroxylation is 2. The van der Waals surface area contributed by atoms with E-state index in [1.807, 2.05) is 0 Å². The number of hydrogen-bond donors (Lipinski definition) is 2. The lowest BCUT2D eigenvalue weighted by atomic mass is 10.1. The molecule has 0 unspecified atom stereocenters. The van der Waals surface area contributed by atoms with E-state index < -0.39 is 34.6 Å². The summed E-state index contributed by atoms with van der Waals surface area (Å²) in [5.74, 6) is -1.55. The smallest absolute Gasteiger partial charge is 0.345 e. The van der Waals surface area contributed by atoms with Crippen LogP contribution in [0.5, 0.6) is 0 Å². The first-order valence-electron chi connectivity index (χ1n) is 10.3. The Hall–Kier alpha value is -2.86. The minimum Gasteiger partial charge on any atom is -0.345 e.